The summed E-state index contributed by atoms with van der Waals surface area (Å²) in [5.74, 6) is -1.50. The SMILES string of the molecule is CCC[C@H](N)C(=O)NC1CCCC1C(=O)O. The monoisotopic (exact) mass is 228 g/mol. The van der Waals surface area contributed by atoms with Crippen molar-refractivity contribution >= 4 is 11.9 Å². The number of carbonyl (C=O) groups excluding carboxylic acids is 1. The average Bonchev–Trinajstić information content (AvgIpc) is 2.66. The van der Waals surface area contributed by atoms with E-state index in [0.29, 0.717) is 12.8 Å². The van der Waals surface area contributed by atoms with Crippen molar-refractivity contribution in [1.82, 2.24) is 5.32 Å². The van der Waals surface area contributed by atoms with E-state index in [-0.39, 0.29) is 11.9 Å². The third-order valence-corrected chi connectivity index (χ3v) is 3.10. The van der Waals surface area contributed by atoms with Crippen LogP contribution in [0.4, 0.5) is 0 Å². The summed E-state index contributed by atoms with van der Waals surface area (Å²) in [6.45, 7) is 1.96. The fourth-order valence-corrected chi connectivity index (χ4v) is 2.16. The van der Waals surface area contributed by atoms with Crippen LogP contribution >= 0.6 is 0 Å². The van der Waals surface area contributed by atoms with E-state index in [1.165, 1.54) is 0 Å². The first kappa shape index (κ1) is 13.0. The van der Waals surface area contributed by atoms with Gasteiger partial charge in [0, 0.05) is 6.04 Å². The third-order valence-electron chi connectivity index (χ3n) is 3.10. The summed E-state index contributed by atoms with van der Waals surface area (Å²) >= 11 is 0. The second-order valence-corrected chi connectivity index (χ2v) is 4.39. The molecule has 0 spiro atoms. The molecule has 2 unspecified atom stereocenters. The van der Waals surface area contributed by atoms with Gasteiger partial charge in [-0.3, -0.25) is 9.59 Å². The van der Waals surface area contributed by atoms with Gasteiger partial charge in [0.25, 0.3) is 0 Å². The number of nitrogens with one attached hydrogen (secondary N) is 1. The topological polar surface area (TPSA) is 92.4 Å². The standard InChI is InChI=1S/C11H20N2O3/c1-2-4-8(12)10(14)13-9-6-3-5-7(9)11(15)16/h7-9H,2-6,12H2,1H3,(H,13,14)(H,15,16)/t7?,8-,9?/m0/s1. The zero-order valence-corrected chi connectivity index (χ0v) is 9.61. The Morgan fingerprint density at radius 2 is 2.19 bits per heavy atom. The van der Waals surface area contributed by atoms with Gasteiger partial charge in [0.2, 0.25) is 5.91 Å². The number of amides is 1. The second-order valence-electron chi connectivity index (χ2n) is 4.39. The van der Waals surface area contributed by atoms with Crippen LogP contribution in [0.1, 0.15) is 39.0 Å². The number of nitrogens with two attached hydrogens (primary N) is 1. The van der Waals surface area contributed by atoms with E-state index in [2.05, 4.69) is 5.32 Å². The minimum absolute atomic E-state index is 0.222. The summed E-state index contributed by atoms with van der Waals surface area (Å²) in [6, 6.07) is -0.757. The predicted molar refractivity (Wildman–Crippen MR) is 59.8 cm³/mol. The second kappa shape index (κ2) is 5.84. The Morgan fingerprint density at radius 3 is 2.75 bits per heavy atom. The van der Waals surface area contributed by atoms with Crippen molar-refractivity contribution < 1.29 is 14.7 Å². The van der Waals surface area contributed by atoms with E-state index in [1.54, 1.807) is 0 Å². The molecule has 5 nitrogen and oxygen atoms in total. The molecule has 16 heavy (non-hydrogen) atoms. The molecule has 1 aliphatic carbocycles. The van der Waals surface area contributed by atoms with Crippen LogP contribution < -0.4 is 11.1 Å². The molecule has 4 N–H and O–H groups in total. The minimum atomic E-state index is -0.827. The van der Waals surface area contributed by atoms with E-state index in [9.17, 15) is 9.59 Å². The normalized spacial score (nSPS) is 26.4. The van der Waals surface area contributed by atoms with Crippen molar-refractivity contribution in [1.29, 1.82) is 0 Å². The van der Waals surface area contributed by atoms with Crippen molar-refractivity contribution in [2.24, 2.45) is 11.7 Å². The lowest BCUT2D eigenvalue weighted by molar-refractivity contribution is -0.142. The zero-order valence-electron chi connectivity index (χ0n) is 9.61. The lowest BCUT2D eigenvalue weighted by Gasteiger charge is -2.20. The highest BCUT2D eigenvalue weighted by Crippen LogP contribution is 2.25. The molecular formula is C11H20N2O3. The Kier molecular flexibility index (Phi) is 4.73. The maximum atomic E-state index is 11.6. The molecule has 3 atom stereocenters. The van der Waals surface area contributed by atoms with Crippen LogP contribution in [0.3, 0.4) is 0 Å². The molecule has 0 bridgehead atoms. The van der Waals surface area contributed by atoms with Crippen LogP contribution in [0, 0.1) is 5.92 Å². The van der Waals surface area contributed by atoms with Gasteiger partial charge in [-0.1, -0.05) is 19.8 Å². The predicted octanol–water partition coefficient (Wildman–Crippen LogP) is 0.483. The number of aliphatic carboxylic acids is 1. The van der Waals surface area contributed by atoms with E-state index in [0.717, 1.165) is 19.3 Å². The number of carboxylic acids is 1. The van der Waals surface area contributed by atoms with Crippen molar-refractivity contribution in [3.8, 4) is 0 Å². The molecule has 1 saturated carbocycles. The Labute approximate surface area is 95.4 Å². The quantitative estimate of drug-likeness (QED) is 0.638. The van der Waals surface area contributed by atoms with Crippen LogP contribution in [0.5, 0.6) is 0 Å². The molecule has 1 fully saturated rings. The first-order valence-corrected chi connectivity index (χ1v) is 5.85. The molecule has 0 aromatic heterocycles. The molecule has 0 radical (unpaired) electrons. The summed E-state index contributed by atoms with van der Waals surface area (Å²) < 4.78 is 0. The molecule has 1 aliphatic rings. The number of rotatable bonds is 5. The van der Waals surface area contributed by atoms with E-state index in [4.69, 9.17) is 10.8 Å². The fourth-order valence-electron chi connectivity index (χ4n) is 2.16. The first-order chi connectivity index (χ1) is 7.56. The molecule has 0 heterocycles. The number of carboxylic acid groups (broad SMARTS) is 1. The van der Waals surface area contributed by atoms with Gasteiger partial charge in [-0.2, -0.15) is 0 Å². The molecule has 0 saturated heterocycles. The van der Waals surface area contributed by atoms with E-state index < -0.39 is 17.9 Å². The number of hydrogen-bond acceptors (Lipinski definition) is 3. The molecule has 0 aromatic carbocycles. The van der Waals surface area contributed by atoms with Gasteiger partial charge in [-0.05, 0) is 19.3 Å². The Morgan fingerprint density at radius 1 is 1.50 bits per heavy atom. The summed E-state index contributed by atoms with van der Waals surface area (Å²) in [6.07, 6.45) is 3.72. The van der Waals surface area contributed by atoms with Crippen molar-refractivity contribution in [2.45, 2.75) is 51.1 Å². The lowest BCUT2D eigenvalue weighted by atomic mass is 10.0. The van der Waals surface area contributed by atoms with Crippen LogP contribution in [-0.2, 0) is 9.59 Å². The van der Waals surface area contributed by atoms with Gasteiger partial charge >= 0.3 is 5.97 Å². The van der Waals surface area contributed by atoms with Crippen molar-refractivity contribution in [2.75, 3.05) is 0 Å². The minimum Gasteiger partial charge on any atom is -0.481 e. The van der Waals surface area contributed by atoms with E-state index >= 15 is 0 Å². The van der Waals surface area contributed by atoms with Gasteiger partial charge in [0.1, 0.15) is 0 Å². The highest BCUT2D eigenvalue weighted by molar-refractivity contribution is 5.82. The number of carbonyl (C=O) groups is 2. The zero-order chi connectivity index (χ0) is 12.1. The first-order valence-electron chi connectivity index (χ1n) is 5.85. The molecule has 0 aliphatic heterocycles. The van der Waals surface area contributed by atoms with Crippen LogP contribution in [0.15, 0.2) is 0 Å². The third kappa shape index (κ3) is 3.20. The highest BCUT2D eigenvalue weighted by atomic mass is 16.4. The maximum absolute atomic E-state index is 11.6. The van der Waals surface area contributed by atoms with Crippen LogP contribution in [0.2, 0.25) is 0 Å². The van der Waals surface area contributed by atoms with Crippen molar-refractivity contribution in [3.05, 3.63) is 0 Å². The van der Waals surface area contributed by atoms with Gasteiger partial charge in [0.05, 0.1) is 12.0 Å². The summed E-state index contributed by atoms with van der Waals surface area (Å²) in [5.41, 5.74) is 5.67. The Hall–Kier alpha value is -1.10. The van der Waals surface area contributed by atoms with Gasteiger partial charge in [-0.25, -0.2) is 0 Å². The largest absolute Gasteiger partial charge is 0.481 e. The molecule has 1 amide bonds. The maximum Gasteiger partial charge on any atom is 0.308 e. The lowest BCUT2D eigenvalue weighted by Crippen LogP contribution is -2.47. The Bertz CT molecular complexity index is 268. The summed E-state index contributed by atoms with van der Waals surface area (Å²) in [5, 5.41) is 11.7. The molecule has 92 valence electrons. The van der Waals surface area contributed by atoms with Gasteiger partial charge in [-0.15, -0.1) is 0 Å². The van der Waals surface area contributed by atoms with E-state index in [1.807, 2.05) is 6.92 Å². The molecule has 5 heteroatoms. The fraction of sp³-hybridized carbons (Fsp3) is 0.818. The smallest absolute Gasteiger partial charge is 0.308 e. The average molecular weight is 228 g/mol. The van der Waals surface area contributed by atoms with Gasteiger partial charge < -0.3 is 16.2 Å². The van der Waals surface area contributed by atoms with Crippen LogP contribution in [0.25, 0.3) is 0 Å². The highest BCUT2D eigenvalue weighted by Gasteiger charge is 2.34. The summed E-state index contributed by atoms with van der Waals surface area (Å²) in [7, 11) is 0. The van der Waals surface area contributed by atoms with Gasteiger partial charge in [0.15, 0.2) is 0 Å². The number of hydrogen-bond donors (Lipinski definition) is 3. The molecule has 1 rings (SSSR count). The van der Waals surface area contributed by atoms with Crippen LogP contribution in [-0.4, -0.2) is 29.1 Å². The summed E-state index contributed by atoms with van der Waals surface area (Å²) in [4.78, 5) is 22.5. The van der Waals surface area contributed by atoms with Crippen molar-refractivity contribution in [3.63, 3.8) is 0 Å². The molecular weight excluding hydrogens is 208 g/mol. The Balaban J connectivity index is 2.47. The molecule has 0 aromatic rings.